The van der Waals surface area contributed by atoms with Crippen LogP contribution in [0.1, 0.15) is 6.92 Å². The molecule has 140 valence electrons. The number of esters is 1. The third-order valence-corrected chi connectivity index (χ3v) is 4.90. The number of halogens is 1. The van der Waals surface area contributed by atoms with Crippen molar-refractivity contribution in [2.75, 3.05) is 19.5 Å². The smallest absolute Gasteiger partial charge is 0.316 e. The van der Waals surface area contributed by atoms with E-state index in [9.17, 15) is 9.59 Å². The summed E-state index contributed by atoms with van der Waals surface area (Å²) in [6.07, 6.45) is 0. The zero-order chi connectivity index (χ0) is 19.4. The van der Waals surface area contributed by atoms with Crippen LogP contribution in [0.3, 0.4) is 0 Å². The molecule has 0 saturated heterocycles. The highest BCUT2D eigenvalue weighted by molar-refractivity contribution is 7.99. The average Bonchev–Trinajstić information content (AvgIpc) is 2.67. The first-order valence-corrected chi connectivity index (χ1v) is 9.55. The van der Waals surface area contributed by atoms with E-state index in [0.29, 0.717) is 39.1 Å². The van der Waals surface area contributed by atoms with Crippen LogP contribution in [0.15, 0.2) is 52.4 Å². The van der Waals surface area contributed by atoms with Gasteiger partial charge < -0.3 is 9.47 Å². The maximum atomic E-state index is 13.1. The second-order valence-corrected chi connectivity index (χ2v) is 6.87. The number of fused-ring (bicyclic) bond motifs is 1. The molecule has 0 unspecified atom stereocenters. The maximum Gasteiger partial charge on any atom is 0.316 e. The van der Waals surface area contributed by atoms with E-state index in [1.165, 1.54) is 4.57 Å². The van der Waals surface area contributed by atoms with Crippen LogP contribution in [-0.4, -0.2) is 35.0 Å². The lowest BCUT2D eigenvalue weighted by Crippen LogP contribution is -2.22. The maximum absolute atomic E-state index is 13.1. The van der Waals surface area contributed by atoms with Crippen molar-refractivity contribution >= 4 is 40.2 Å². The number of hydrogen-bond donors (Lipinski definition) is 0. The van der Waals surface area contributed by atoms with E-state index < -0.39 is 0 Å². The Morgan fingerprint density at radius 3 is 2.63 bits per heavy atom. The highest BCUT2D eigenvalue weighted by atomic mass is 35.5. The normalized spacial score (nSPS) is 10.8. The molecular formula is C19H17ClN2O4S. The second kappa shape index (κ2) is 8.45. The van der Waals surface area contributed by atoms with Crippen molar-refractivity contribution in [3.8, 4) is 11.4 Å². The number of aromatic nitrogens is 2. The number of carbonyl (C=O) groups excluding carboxylic acids is 1. The van der Waals surface area contributed by atoms with Crippen LogP contribution in [0.4, 0.5) is 0 Å². The molecule has 0 aliphatic carbocycles. The second-order valence-electron chi connectivity index (χ2n) is 5.49. The summed E-state index contributed by atoms with van der Waals surface area (Å²) in [6, 6.07) is 12.0. The molecule has 0 bridgehead atoms. The lowest BCUT2D eigenvalue weighted by atomic mass is 10.2. The van der Waals surface area contributed by atoms with Gasteiger partial charge in [0.25, 0.3) is 5.56 Å². The molecular weight excluding hydrogens is 388 g/mol. The summed E-state index contributed by atoms with van der Waals surface area (Å²) in [7, 11) is 1.57. The number of methoxy groups -OCH3 is 1. The van der Waals surface area contributed by atoms with Gasteiger partial charge in [-0.15, -0.1) is 0 Å². The molecule has 1 heterocycles. The topological polar surface area (TPSA) is 70.4 Å². The van der Waals surface area contributed by atoms with E-state index >= 15 is 0 Å². The van der Waals surface area contributed by atoms with Crippen LogP contribution < -0.4 is 10.3 Å². The summed E-state index contributed by atoms with van der Waals surface area (Å²) in [5.74, 6) is 0.355. The minimum absolute atomic E-state index is 0.0511. The third-order valence-electron chi connectivity index (χ3n) is 3.75. The van der Waals surface area contributed by atoms with Gasteiger partial charge in [0.1, 0.15) is 5.75 Å². The highest BCUT2D eigenvalue weighted by Gasteiger charge is 2.15. The Morgan fingerprint density at radius 2 is 1.96 bits per heavy atom. The molecule has 0 amide bonds. The van der Waals surface area contributed by atoms with Crippen molar-refractivity contribution in [3.05, 3.63) is 57.8 Å². The highest BCUT2D eigenvalue weighted by Crippen LogP contribution is 2.24. The van der Waals surface area contributed by atoms with Crippen LogP contribution in [0, 0.1) is 0 Å². The minimum atomic E-state index is -0.366. The quantitative estimate of drug-likeness (QED) is 0.354. The monoisotopic (exact) mass is 404 g/mol. The third kappa shape index (κ3) is 4.26. The standard InChI is InChI=1S/C19H17ClN2O4S/c1-3-26-17(23)11-27-19-21-16-9-4-12(20)10-15(16)18(24)22(19)13-5-7-14(25-2)8-6-13/h4-10H,3,11H2,1-2H3. The molecule has 0 saturated carbocycles. The van der Waals surface area contributed by atoms with Gasteiger partial charge >= 0.3 is 5.97 Å². The molecule has 0 atom stereocenters. The van der Waals surface area contributed by atoms with E-state index in [1.54, 1.807) is 56.5 Å². The summed E-state index contributed by atoms with van der Waals surface area (Å²) >= 11 is 7.19. The van der Waals surface area contributed by atoms with Crippen LogP contribution in [0.2, 0.25) is 5.02 Å². The first-order valence-electron chi connectivity index (χ1n) is 8.18. The molecule has 8 heteroatoms. The van der Waals surface area contributed by atoms with Crippen molar-refractivity contribution in [3.63, 3.8) is 0 Å². The lowest BCUT2D eigenvalue weighted by Gasteiger charge is -2.13. The molecule has 0 aliphatic heterocycles. The summed E-state index contributed by atoms with van der Waals surface area (Å²) in [5, 5.41) is 1.25. The Kier molecular flexibility index (Phi) is 6.03. The number of rotatable bonds is 6. The number of thioether (sulfide) groups is 1. The largest absolute Gasteiger partial charge is 0.497 e. The summed E-state index contributed by atoms with van der Waals surface area (Å²) in [6.45, 7) is 2.04. The van der Waals surface area contributed by atoms with Crippen LogP contribution in [-0.2, 0) is 9.53 Å². The van der Waals surface area contributed by atoms with Gasteiger partial charge in [-0.05, 0) is 49.4 Å². The van der Waals surface area contributed by atoms with Crippen molar-refractivity contribution in [2.24, 2.45) is 0 Å². The molecule has 0 spiro atoms. The molecule has 3 rings (SSSR count). The van der Waals surface area contributed by atoms with Gasteiger partial charge in [0.05, 0.1) is 36.1 Å². The SMILES string of the molecule is CCOC(=O)CSc1nc2ccc(Cl)cc2c(=O)n1-c1ccc(OC)cc1. The fourth-order valence-electron chi connectivity index (χ4n) is 2.52. The van der Waals surface area contributed by atoms with Gasteiger partial charge in [0.15, 0.2) is 5.16 Å². The molecule has 6 nitrogen and oxygen atoms in total. The van der Waals surface area contributed by atoms with Crippen molar-refractivity contribution in [1.29, 1.82) is 0 Å². The number of nitrogens with zero attached hydrogens (tertiary/aromatic N) is 2. The van der Waals surface area contributed by atoms with Gasteiger partial charge in [0.2, 0.25) is 0 Å². The van der Waals surface area contributed by atoms with Gasteiger partial charge in [-0.3, -0.25) is 14.2 Å². The van der Waals surface area contributed by atoms with Crippen molar-refractivity contribution in [2.45, 2.75) is 12.1 Å². The van der Waals surface area contributed by atoms with Gasteiger partial charge in [-0.1, -0.05) is 23.4 Å². The van der Waals surface area contributed by atoms with Crippen LogP contribution >= 0.6 is 23.4 Å². The molecule has 1 aromatic heterocycles. The predicted octanol–water partition coefficient (Wildman–Crippen LogP) is 3.70. The molecule has 2 aromatic carbocycles. The van der Waals surface area contributed by atoms with E-state index in [-0.39, 0.29) is 17.3 Å². The molecule has 0 aliphatic rings. The summed E-state index contributed by atoms with van der Waals surface area (Å²) < 4.78 is 11.6. The Balaban J connectivity index is 2.14. The van der Waals surface area contributed by atoms with Crippen LogP contribution in [0.5, 0.6) is 5.75 Å². The first-order chi connectivity index (χ1) is 13.0. The summed E-state index contributed by atoms with van der Waals surface area (Å²) in [5.41, 5.74) is 0.862. The lowest BCUT2D eigenvalue weighted by molar-refractivity contribution is -0.139. The average molecular weight is 405 g/mol. The Hall–Kier alpha value is -2.51. The van der Waals surface area contributed by atoms with Gasteiger partial charge in [0, 0.05) is 5.02 Å². The fourth-order valence-corrected chi connectivity index (χ4v) is 3.50. The molecule has 3 aromatic rings. The van der Waals surface area contributed by atoms with E-state index in [0.717, 1.165) is 11.8 Å². The van der Waals surface area contributed by atoms with Crippen molar-refractivity contribution in [1.82, 2.24) is 9.55 Å². The van der Waals surface area contributed by atoms with Gasteiger partial charge in [-0.2, -0.15) is 0 Å². The zero-order valence-corrected chi connectivity index (χ0v) is 16.3. The Bertz CT molecular complexity index is 1030. The van der Waals surface area contributed by atoms with E-state index in [1.807, 2.05) is 0 Å². The molecule has 0 fully saturated rings. The number of hydrogen-bond acceptors (Lipinski definition) is 6. The van der Waals surface area contributed by atoms with E-state index in [2.05, 4.69) is 4.98 Å². The predicted molar refractivity (Wildman–Crippen MR) is 106 cm³/mol. The molecule has 27 heavy (non-hydrogen) atoms. The summed E-state index contributed by atoms with van der Waals surface area (Å²) in [4.78, 5) is 29.4. The Morgan fingerprint density at radius 1 is 1.22 bits per heavy atom. The van der Waals surface area contributed by atoms with E-state index in [4.69, 9.17) is 21.1 Å². The molecule has 0 N–H and O–H groups in total. The fraction of sp³-hybridized carbons (Fsp3) is 0.211. The van der Waals surface area contributed by atoms with Crippen LogP contribution in [0.25, 0.3) is 16.6 Å². The zero-order valence-electron chi connectivity index (χ0n) is 14.8. The first kappa shape index (κ1) is 19.3. The number of carbonyl (C=O) groups is 1. The van der Waals surface area contributed by atoms with Gasteiger partial charge in [-0.25, -0.2) is 4.98 Å². The number of benzene rings is 2. The Labute approximate surface area is 165 Å². The minimum Gasteiger partial charge on any atom is -0.497 e. The van der Waals surface area contributed by atoms with Crippen molar-refractivity contribution < 1.29 is 14.3 Å². The molecule has 0 radical (unpaired) electrons. The number of ether oxygens (including phenoxy) is 2.